The van der Waals surface area contributed by atoms with Crippen molar-refractivity contribution in [3.05, 3.63) is 31.3 Å². The molecule has 0 aromatic carbocycles. The van der Waals surface area contributed by atoms with Crippen LogP contribution in [0.15, 0.2) is 9.59 Å². The number of carboxylic acids is 1. The monoisotopic (exact) mass is 310 g/mol. The summed E-state index contributed by atoms with van der Waals surface area (Å²) in [5.74, 6) is -1.10. The van der Waals surface area contributed by atoms with Gasteiger partial charge in [-0.25, -0.2) is 9.59 Å². The summed E-state index contributed by atoms with van der Waals surface area (Å²) in [4.78, 5) is 38.7. The smallest absolute Gasteiger partial charge is 0.346 e. The second-order valence-corrected chi connectivity index (χ2v) is 6.07. The Balaban J connectivity index is 2.17. The molecule has 8 heteroatoms. The number of aromatic amines is 1. The number of thiophene rings is 1. The standard InChI is InChI=1S/C13H14N2O5S/c1-6-8-10(21-9(6)12(17)18)14-13(19)15(11(8)16)5-7-3-2-4-20-7/h7H,2-5H2,1H3,(H,14,19)(H,17,18)/t7-/m0/s1. The number of aromatic nitrogens is 2. The minimum Gasteiger partial charge on any atom is -0.477 e. The van der Waals surface area contributed by atoms with Crippen molar-refractivity contribution in [3.63, 3.8) is 0 Å². The van der Waals surface area contributed by atoms with Crippen LogP contribution in [0.1, 0.15) is 28.1 Å². The van der Waals surface area contributed by atoms with Crippen molar-refractivity contribution in [2.24, 2.45) is 0 Å². The van der Waals surface area contributed by atoms with E-state index in [9.17, 15) is 14.4 Å². The summed E-state index contributed by atoms with van der Waals surface area (Å²) in [6.07, 6.45) is 1.59. The molecule has 1 atom stereocenters. The molecule has 2 aromatic heterocycles. The number of fused-ring (bicyclic) bond motifs is 1. The maximum atomic E-state index is 12.5. The molecule has 1 saturated heterocycles. The summed E-state index contributed by atoms with van der Waals surface area (Å²) < 4.78 is 6.55. The fraction of sp³-hybridized carbons (Fsp3) is 0.462. The van der Waals surface area contributed by atoms with E-state index >= 15 is 0 Å². The molecule has 0 unspecified atom stereocenters. The molecule has 0 amide bonds. The number of aryl methyl sites for hydroxylation is 1. The summed E-state index contributed by atoms with van der Waals surface area (Å²) >= 11 is 0.912. The van der Waals surface area contributed by atoms with Gasteiger partial charge in [-0.15, -0.1) is 11.3 Å². The van der Waals surface area contributed by atoms with Crippen LogP contribution >= 0.6 is 11.3 Å². The minimum absolute atomic E-state index is 0.0765. The first-order chi connectivity index (χ1) is 9.99. The first-order valence-corrected chi connectivity index (χ1v) is 7.42. The van der Waals surface area contributed by atoms with Crippen LogP contribution in [0, 0.1) is 6.92 Å². The zero-order valence-corrected chi connectivity index (χ0v) is 12.2. The fourth-order valence-electron chi connectivity index (χ4n) is 2.61. The molecule has 2 N–H and O–H groups in total. The van der Waals surface area contributed by atoms with Crippen LogP contribution in [0.5, 0.6) is 0 Å². The Kier molecular flexibility index (Phi) is 3.42. The number of aromatic carboxylic acids is 1. The Labute approximate surface area is 122 Å². The molecule has 0 saturated carbocycles. The highest BCUT2D eigenvalue weighted by Crippen LogP contribution is 2.26. The van der Waals surface area contributed by atoms with Crippen molar-refractivity contribution >= 4 is 27.5 Å². The maximum Gasteiger partial charge on any atom is 0.346 e. The second kappa shape index (κ2) is 5.12. The number of carboxylic acid groups (broad SMARTS) is 1. The van der Waals surface area contributed by atoms with E-state index in [0.717, 1.165) is 28.7 Å². The normalized spacial score (nSPS) is 18.4. The van der Waals surface area contributed by atoms with Crippen molar-refractivity contribution < 1.29 is 14.6 Å². The highest BCUT2D eigenvalue weighted by atomic mass is 32.1. The third-order valence-electron chi connectivity index (χ3n) is 3.68. The molecule has 2 aromatic rings. The highest BCUT2D eigenvalue weighted by molar-refractivity contribution is 7.20. The largest absolute Gasteiger partial charge is 0.477 e. The molecule has 0 radical (unpaired) electrons. The first-order valence-electron chi connectivity index (χ1n) is 6.60. The molecule has 1 aliphatic rings. The molecule has 112 valence electrons. The zero-order chi connectivity index (χ0) is 15.1. The SMILES string of the molecule is Cc1c(C(=O)O)sc2[nH]c(=O)n(C[C@@H]3CCCO3)c(=O)c12. The predicted octanol–water partition coefficient (Wildman–Crippen LogP) is 0.937. The number of ether oxygens (including phenoxy) is 1. The van der Waals surface area contributed by atoms with Gasteiger partial charge in [0.05, 0.1) is 18.0 Å². The topological polar surface area (TPSA) is 101 Å². The lowest BCUT2D eigenvalue weighted by Gasteiger charge is -2.10. The number of nitrogens with one attached hydrogen (secondary N) is 1. The molecule has 7 nitrogen and oxygen atoms in total. The third-order valence-corrected chi connectivity index (χ3v) is 4.87. The van der Waals surface area contributed by atoms with E-state index in [2.05, 4.69) is 4.98 Å². The second-order valence-electron chi connectivity index (χ2n) is 5.05. The fourth-order valence-corrected chi connectivity index (χ4v) is 3.64. The highest BCUT2D eigenvalue weighted by Gasteiger charge is 2.22. The van der Waals surface area contributed by atoms with Gasteiger partial charge in [0.15, 0.2) is 0 Å². The van der Waals surface area contributed by atoms with Gasteiger partial charge in [0.1, 0.15) is 9.71 Å². The number of nitrogens with zero attached hydrogens (tertiary/aromatic N) is 1. The molecule has 3 heterocycles. The lowest BCUT2D eigenvalue weighted by molar-refractivity contribution is 0.0701. The number of H-pyrrole nitrogens is 1. The van der Waals surface area contributed by atoms with Gasteiger partial charge in [-0.05, 0) is 25.3 Å². The maximum absolute atomic E-state index is 12.5. The summed E-state index contributed by atoms with van der Waals surface area (Å²) in [6, 6.07) is 0. The van der Waals surface area contributed by atoms with Crippen molar-refractivity contribution in [1.82, 2.24) is 9.55 Å². The molecular weight excluding hydrogens is 296 g/mol. The molecule has 21 heavy (non-hydrogen) atoms. The quantitative estimate of drug-likeness (QED) is 0.878. The first kappa shape index (κ1) is 14.0. The van der Waals surface area contributed by atoms with Crippen LogP contribution in [0.4, 0.5) is 0 Å². The van der Waals surface area contributed by atoms with E-state index in [1.165, 1.54) is 0 Å². The third kappa shape index (κ3) is 2.30. The van der Waals surface area contributed by atoms with Gasteiger partial charge in [0.2, 0.25) is 0 Å². The van der Waals surface area contributed by atoms with Gasteiger partial charge in [-0.2, -0.15) is 0 Å². The van der Waals surface area contributed by atoms with E-state index in [4.69, 9.17) is 9.84 Å². The Morgan fingerprint density at radius 1 is 1.52 bits per heavy atom. The zero-order valence-electron chi connectivity index (χ0n) is 11.3. The molecule has 3 rings (SSSR count). The average molecular weight is 310 g/mol. The van der Waals surface area contributed by atoms with Crippen molar-refractivity contribution in [2.75, 3.05) is 6.61 Å². The predicted molar refractivity (Wildman–Crippen MR) is 77.4 cm³/mol. The molecule has 0 spiro atoms. The number of rotatable bonds is 3. The Hall–Kier alpha value is -1.93. The number of hydrogen-bond acceptors (Lipinski definition) is 5. The van der Waals surface area contributed by atoms with E-state index in [0.29, 0.717) is 17.0 Å². The summed E-state index contributed by atoms with van der Waals surface area (Å²) in [7, 11) is 0. The van der Waals surface area contributed by atoms with Crippen LogP contribution in [-0.2, 0) is 11.3 Å². The number of carbonyl (C=O) groups is 1. The van der Waals surface area contributed by atoms with E-state index in [1.54, 1.807) is 6.92 Å². The van der Waals surface area contributed by atoms with Gasteiger partial charge in [0, 0.05) is 6.61 Å². The summed E-state index contributed by atoms with van der Waals surface area (Å²) in [5, 5.41) is 9.39. The lowest BCUT2D eigenvalue weighted by Crippen LogP contribution is -2.38. The van der Waals surface area contributed by atoms with Crippen LogP contribution in [0.25, 0.3) is 10.2 Å². The summed E-state index contributed by atoms with van der Waals surface area (Å²) in [6.45, 7) is 2.42. The Morgan fingerprint density at radius 2 is 2.29 bits per heavy atom. The van der Waals surface area contributed by atoms with Crippen LogP contribution in [0.3, 0.4) is 0 Å². The molecule has 1 aliphatic heterocycles. The van der Waals surface area contributed by atoms with Gasteiger partial charge < -0.3 is 9.84 Å². The van der Waals surface area contributed by atoms with Crippen molar-refractivity contribution in [1.29, 1.82) is 0 Å². The van der Waals surface area contributed by atoms with E-state index < -0.39 is 17.2 Å². The minimum atomic E-state index is -1.10. The van der Waals surface area contributed by atoms with Crippen LogP contribution in [-0.4, -0.2) is 33.3 Å². The molecule has 0 aliphatic carbocycles. The molecular formula is C13H14N2O5S. The van der Waals surface area contributed by atoms with Gasteiger partial charge in [-0.3, -0.25) is 14.3 Å². The lowest BCUT2D eigenvalue weighted by atomic mass is 10.2. The Morgan fingerprint density at radius 3 is 2.90 bits per heavy atom. The van der Waals surface area contributed by atoms with Crippen molar-refractivity contribution in [2.45, 2.75) is 32.4 Å². The molecule has 0 bridgehead atoms. The molecule has 1 fully saturated rings. The van der Waals surface area contributed by atoms with E-state index in [-0.39, 0.29) is 22.9 Å². The average Bonchev–Trinajstić information content (AvgIpc) is 3.02. The van der Waals surface area contributed by atoms with Gasteiger partial charge in [-0.1, -0.05) is 0 Å². The van der Waals surface area contributed by atoms with Crippen LogP contribution < -0.4 is 11.2 Å². The number of hydrogen-bond donors (Lipinski definition) is 2. The van der Waals surface area contributed by atoms with Gasteiger partial charge >= 0.3 is 11.7 Å². The summed E-state index contributed by atoms with van der Waals surface area (Å²) in [5.41, 5.74) is -0.587. The van der Waals surface area contributed by atoms with Crippen molar-refractivity contribution in [3.8, 4) is 0 Å². The van der Waals surface area contributed by atoms with E-state index in [1.807, 2.05) is 0 Å². The van der Waals surface area contributed by atoms with Gasteiger partial charge in [0.25, 0.3) is 5.56 Å². The Bertz CT molecular complexity index is 825. The van der Waals surface area contributed by atoms with Crippen LogP contribution in [0.2, 0.25) is 0 Å².